The molecule has 0 atom stereocenters. The van der Waals surface area contributed by atoms with Crippen LogP contribution in [0.1, 0.15) is 12.8 Å². The van der Waals surface area contributed by atoms with E-state index in [1.54, 1.807) is 0 Å². The number of ether oxygens (including phenoxy) is 1. The molecule has 2 nitrogen and oxygen atoms in total. The average molecular weight is 251 g/mol. The molecule has 0 aliphatic carbocycles. The summed E-state index contributed by atoms with van der Waals surface area (Å²) >= 11 is 10.6. The molecule has 0 saturated heterocycles. The number of alkyl halides is 5. The highest BCUT2D eigenvalue weighted by Crippen LogP contribution is 2.33. The van der Waals surface area contributed by atoms with Crippen molar-refractivity contribution < 1.29 is 22.7 Å². The number of carbonyl (C=O) groups is 1. The largest absolute Gasteiger partial charge is 0.426 e. The van der Waals surface area contributed by atoms with E-state index in [4.69, 9.17) is 23.2 Å². The van der Waals surface area contributed by atoms with Gasteiger partial charge in [0.05, 0.1) is 0 Å². The van der Waals surface area contributed by atoms with E-state index in [0.29, 0.717) is 0 Å². The van der Waals surface area contributed by atoms with Gasteiger partial charge >= 0.3 is 12.1 Å². The number of esters is 1. The molecule has 7 heteroatoms. The van der Waals surface area contributed by atoms with E-state index in [1.807, 2.05) is 0 Å². The van der Waals surface area contributed by atoms with Crippen molar-refractivity contribution in [2.75, 3.05) is 0 Å². The summed E-state index contributed by atoms with van der Waals surface area (Å²) in [6, 6.07) is 0. The Morgan fingerprint density at radius 1 is 1.36 bits per heavy atom. The second kappa shape index (κ2) is 4.89. The van der Waals surface area contributed by atoms with Crippen LogP contribution in [-0.2, 0) is 9.53 Å². The average Bonchev–Trinajstić information content (AvgIpc) is 1.99. The molecule has 0 aromatic carbocycles. The summed E-state index contributed by atoms with van der Waals surface area (Å²) in [6.07, 6.45) is -5.59. The van der Waals surface area contributed by atoms with Crippen LogP contribution in [0, 0.1) is 0 Å². The molecule has 0 amide bonds. The van der Waals surface area contributed by atoms with Crippen molar-refractivity contribution >= 4 is 29.2 Å². The Morgan fingerprint density at radius 2 is 1.86 bits per heavy atom. The maximum Gasteiger partial charge on any atom is 0.389 e. The van der Waals surface area contributed by atoms with E-state index >= 15 is 0 Å². The third-order valence-electron chi connectivity index (χ3n) is 1.12. The molecule has 82 valence electrons. The fourth-order valence-corrected chi connectivity index (χ4v) is 0.868. The topological polar surface area (TPSA) is 26.3 Å². The van der Waals surface area contributed by atoms with Crippen molar-refractivity contribution in [2.24, 2.45) is 0 Å². The van der Waals surface area contributed by atoms with E-state index < -0.39 is 29.5 Å². The zero-order valence-corrected chi connectivity index (χ0v) is 8.42. The van der Waals surface area contributed by atoms with Gasteiger partial charge in [-0.2, -0.15) is 13.2 Å². The first-order valence-electron chi connectivity index (χ1n) is 3.46. The monoisotopic (exact) mass is 250 g/mol. The minimum Gasteiger partial charge on any atom is -0.426 e. The van der Waals surface area contributed by atoms with Crippen LogP contribution in [0.5, 0.6) is 0 Å². The summed E-state index contributed by atoms with van der Waals surface area (Å²) in [4.78, 5) is 10.6. The Hall–Kier alpha value is -0.420. The maximum atomic E-state index is 11.7. The smallest absolute Gasteiger partial charge is 0.389 e. The molecule has 0 heterocycles. The molecule has 0 saturated carbocycles. The molecule has 0 rings (SSSR count). The lowest BCUT2D eigenvalue weighted by molar-refractivity contribution is -0.151. The Balaban J connectivity index is 4.07. The predicted molar refractivity (Wildman–Crippen MR) is 46.0 cm³/mol. The van der Waals surface area contributed by atoms with Gasteiger partial charge in [-0.15, -0.1) is 0 Å². The molecular weight excluding hydrogens is 244 g/mol. The summed E-state index contributed by atoms with van der Waals surface area (Å²) in [5.74, 6) is -0.975. The first-order valence-corrected chi connectivity index (χ1v) is 4.22. The van der Waals surface area contributed by atoms with Gasteiger partial charge < -0.3 is 4.74 Å². The Kier molecular flexibility index (Phi) is 4.74. The lowest BCUT2D eigenvalue weighted by Gasteiger charge is -2.19. The van der Waals surface area contributed by atoms with Gasteiger partial charge in [-0.3, -0.25) is 0 Å². The van der Waals surface area contributed by atoms with Crippen LogP contribution >= 0.6 is 23.2 Å². The van der Waals surface area contributed by atoms with Crippen molar-refractivity contribution in [3.8, 4) is 0 Å². The van der Waals surface area contributed by atoms with Crippen LogP contribution in [0.2, 0.25) is 0 Å². The summed E-state index contributed by atoms with van der Waals surface area (Å²) in [5, 5.41) is 0. The van der Waals surface area contributed by atoms with Crippen molar-refractivity contribution in [1.29, 1.82) is 0 Å². The van der Waals surface area contributed by atoms with Crippen molar-refractivity contribution in [1.82, 2.24) is 0 Å². The highest BCUT2D eigenvalue weighted by molar-refractivity contribution is 6.47. The summed E-state index contributed by atoms with van der Waals surface area (Å²) < 4.78 is 37.3. The van der Waals surface area contributed by atoms with Crippen LogP contribution in [0.4, 0.5) is 13.2 Å². The third kappa shape index (κ3) is 7.03. The fraction of sp³-hybridized carbons (Fsp3) is 0.571. The van der Waals surface area contributed by atoms with Crippen LogP contribution in [-0.4, -0.2) is 16.7 Å². The van der Waals surface area contributed by atoms with E-state index in [-0.39, 0.29) is 0 Å². The van der Waals surface area contributed by atoms with Crippen LogP contribution < -0.4 is 0 Å². The first kappa shape index (κ1) is 13.6. The number of halogens is 5. The molecule has 0 aromatic rings. The zero-order chi connectivity index (χ0) is 11.4. The van der Waals surface area contributed by atoms with E-state index in [1.165, 1.54) is 0 Å². The zero-order valence-electron chi connectivity index (χ0n) is 6.90. The summed E-state index contributed by atoms with van der Waals surface area (Å²) in [6.45, 7) is 3.04. The van der Waals surface area contributed by atoms with E-state index in [2.05, 4.69) is 11.3 Å². The van der Waals surface area contributed by atoms with Crippen molar-refractivity contribution in [3.05, 3.63) is 12.7 Å². The van der Waals surface area contributed by atoms with Crippen LogP contribution in [0.25, 0.3) is 0 Å². The molecule has 0 fully saturated rings. The van der Waals surface area contributed by atoms with Gasteiger partial charge in [0.25, 0.3) is 4.52 Å². The molecule has 0 radical (unpaired) electrons. The molecule has 0 unspecified atom stereocenters. The second-order valence-corrected chi connectivity index (χ2v) is 3.79. The molecular formula is C7H7Cl2F3O2. The third-order valence-corrected chi connectivity index (χ3v) is 1.65. The van der Waals surface area contributed by atoms with Crippen molar-refractivity contribution in [3.63, 3.8) is 0 Å². The molecule has 0 N–H and O–H groups in total. The lowest BCUT2D eigenvalue weighted by atomic mass is 10.3. The Morgan fingerprint density at radius 3 is 2.21 bits per heavy atom. The minimum absolute atomic E-state index is 0.723. The SMILES string of the molecule is C=CC(=O)OC(Cl)(Cl)CCC(F)(F)F. The quantitative estimate of drug-likeness (QED) is 0.435. The minimum atomic E-state index is -4.39. The predicted octanol–water partition coefficient (Wildman–Crippen LogP) is 3.19. The normalized spacial score (nSPS) is 12.4. The van der Waals surface area contributed by atoms with Gasteiger partial charge in [0.2, 0.25) is 0 Å². The van der Waals surface area contributed by atoms with Gasteiger partial charge in [0.15, 0.2) is 0 Å². The Bertz CT molecular complexity index is 225. The maximum absolute atomic E-state index is 11.7. The van der Waals surface area contributed by atoms with E-state index in [9.17, 15) is 18.0 Å². The molecule has 0 spiro atoms. The highest BCUT2D eigenvalue weighted by Gasteiger charge is 2.35. The number of hydrogen-bond donors (Lipinski definition) is 0. The standard InChI is InChI=1S/C7H7Cl2F3O2/c1-2-5(13)14-6(8,9)3-4-7(10,11)12/h2H,1,3-4H2. The molecule has 14 heavy (non-hydrogen) atoms. The molecule has 0 aliphatic heterocycles. The molecule has 0 aromatic heterocycles. The van der Waals surface area contributed by atoms with Crippen LogP contribution in [0.3, 0.4) is 0 Å². The lowest BCUT2D eigenvalue weighted by Crippen LogP contribution is -2.24. The summed E-state index contributed by atoms with van der Waals surface area (Å²) in [5.41, 5.74) is 0. The molecule has 0 bridgehead atoms. The number of rotatable bonds is 4. The molecule has 0 aliphatic rings. The van der Waals surface area contributed by atoms with E-state index in [0.717, 1.165) is 6.08 Å². The highest BCUT2D eigenvalue weighted by atomic mass is 35.5. The summed E-state index contributed by atoms with van der Waals surface area (Å²) in [7, 11) is 0. The second-order valence-electron chi connectivity index (χ2n) is 2.38. The number of hydrogen-bond acceptors (Lipinski definition) is 2. The van der Waals surface area contributed by atoms with Gasteiger partial charge in [0, 0.05) is 18.9 Å². The first-order chi connectivity index (χ1) is 6.16. The number of carbonyl (C=O) groups excluding carboxylic acids is 1. The Labute approximate surface area is 88.6 Å². The fourth-order valence-electron chi connectivity index (χ4n) is 0.527. The van der Waals surface area contributed by atoms with Crippen LogP contribution in [0.15, 0.2) is 12.7 Å². The van der Waals surface area contributed by atoms with Gasteiger partial charge in [-0.25, -0.2) is 4.79 Å². The van der Waals surface area contributed by atoms with Gasteiger partial charge in [-0.1, -0.05) is 29.8 Å². The van der Waals surface area contributed by atoms with Crippen molar-refractivity contribution in [2.45, 2.75) is 23.5 Å². The van der Waals surface area contributed by atoms with Gasteiger partial charge in [-0.05, 0) is 0 Å². The van der Waals surface area contributed by atoms with Gasteiger partial charge in [0.1, 0.15) is 0 Å².